The molecule has 5 heteroatoms. The summed E-state index contributed by atoms with van der Waals surface area (Å²) >= 11 is 0. The van der Waals surface area contributed by atoms with E-state index >= 15 is 0 Å². The van der Waals surface area contributed by atoms with Gasteiger partial charge in [0.05, 0.1) is 6.61 Å². The molecule has 4 N–H and O–H groups in total. The van der Waals surface area contributed by atoms with Crippen molar-refractivity contribution >= 4 is 17.6 Å². The first-order valence-corrected chi connectivity index (χ1v) is 4.51. The van der Waals surface area contributed by atoms with Crippen molar-refractivity contribution in [2.24, 2.45) is 5.73 Å². The molecule has 0 atom stereocenters. The first-order valence-electron chi connectivity index (χ1n) is 4.51. The van der Waals surface area contributed by atoms with E-state index in [9.17, 15) is 4.79 Å². The van der Waals surface area contributed by atoms with Crippen LogP contribution >= 0.6 is 0 Å². The Balaban J connectivity index is 2.73. The number of nitrogens with two attached hydrogens (primary N) is 1. The second-order valence-corrected chi connectivity index (χ2v) is 2.84. The number of amides is 1. The van der Waals surface area contributed by atoms with Crippen molar-refractivity contribution in [3.05, 3.63) is 29.8 Å². The highest BCUT2D eigenvalue weighted by atomic mass is 16.5. The van der Waals surface area contributed by atoms with Crippen LogP contribution in [0.2, 0.25) is 0 Å². The number of rotatable bonds is 3. The van der Waals surface area contributed by atoms with Crippen LogP contribution in [0.1, 0.15) is 12.5 Å². The predicted molar refractivity (Wildman–Crippen MR) is 58.1 cm³/mol. The number of anilines is 1. The Morgan fingerprint density at radius 2 is 2.33 bits per heavy atom. The van der Waals surface area contributed by atoms with E-state index in [1.165, 1.54) is 0 Å². The topological polar surface area (TPSA) is 88.2 Å². The highest BCUT2D eigenvalue weighted by molar-refractivity contribution is 5.96. The molecule has 1 aromatic rings. The summed E-state index contributed by atoms with van der Waals surface area (Å²) in [4.78, 5) is 11.1. The zero-order valence-electron chi connectivity index (χ0n) is 8.41. The Kier molecular flexibility index (Phi) is 3.68. The number of hydrogen-bond donors (Lipinski definition) is 3. The molecule has 0 unspecified atom stereocenters. The minimum Gasteiger partial charge on any atom is -0.450 e. The molecule has 1 aromatic carbocycles. The Morgan fingerprint density at radius 1 is 1.60 bits per heavy atom. The quantitative estimate of drug-likeness (QED) is 0.519. The first kappa shape index (κ1) is 11.0. The van der Waals surface area contributed by atoms with Crippen LogP contribution in [-0.2, 0) is 4.74 Å². The molecular weight excluding hydrogens is 194 g/mol. The van der Waals surface area contributed by atoms with Gasteiger partial charge in [-0.05, 0) is 19.1 Å². The third-order valence-corrected chi connectivity index (χ3v) is 1.70. The highest BCUT2D eigenvalue weighted by Gasteiger charge is 2.03. The third kappa shape index (κ3) is 3.30. The number of carbonyl (C=O) groups is 1. The normalized spacial score (nSPS) is 9.40. The van der Waals surface area contributed by atoms with Crippen LogP contribution < -0.4 is 11.1 Å². The van der Waals surface area contributed by atoms with Gasteiger partial charge in [0, 0.05) is 11.3 Å². The van der Waals surface area contributed by atoms with Crippen LogP contribution in [-0.4, -0.2) is 18.5 Å². The summed E-state index contributed by atoms with van der Waals surface area (Å²) in [5.74, 6) is -0.0393. The van der Waals surface area contributed by atoms with Gasteiger partial charge in [0.15, 0.2) is 0 Å². The van der Waals surface area contributed by atoms with E-state index in [-0.39, 0.29) is 5.84 Å². The van der Waals surface area contributed by atoms with Crippen LogP contribution in [0.25, 0.3) is 0 Å². The molecule has 0 spiro atoms. The monoisotopic (exact) mass is 207 g/mol. The van der Waals surface area contributed by atoms with Crippen LogP contribution in [0.5, 0.6) is 0 Å². The number of nitrogens with one attached hydrogen (secondary N) is 2. The summed E-state index contributed by atoms with van der Waals surface area (Å²) in [5.41, 5.74) is 6.43. The van der Waals surface area contributed by atoms with Gasteiger partial charge in [0.25, 0.3) is 0 Å². The lowest BCUT2D eigenvalue weighted by molar-refractivity contribution is 0.168. The van der Waals surface area contributed by atoms with E-state index in [0.29, 0.717) is 17.9 Å². The molecule has 0 aromatic heterocycles. The fourth-order valence-electron chi connectivity index (χ4n) is 1.05. The van der Waals surface area contributed by atoms with Gasteiger partial charge >= 0.3 is 6.09 Å². The molecule has 1 rings (SSSR count). The maximum Gasteiger partial charge on any atom is 0.411 e. The van der Waals surface area contributed by atoms with Crippen molar-refractivity contribution in [3.63, 3.8) is 0 Å². The Morgan fingerprint density at radius 3 is 2.93 bits per heavy atom. The van der Waals surface area contributed by atoms with Gasteiger partial charge in [-0.2, -0.15) is 0 Å². The molecule has 0 heterocycles. The molecule has 0 aliphatic rings. The van der Waals surface area contributed by atoms with Gasteiger partial charge in [-0.15, -0.1) is 0 Å². The van der Waals surface area contributed by atoms with Gasteiger partial charge in [-0.3, -0.25) is 10.7 Å². The minimum atomic E-state index is -0.516. The van der Waals surface area contributed by atoms with Gasteiger partial charge in [-0.1, -0.05) is 12.1 Å². The Bertz CT molecular complexity index is 377. The molecule has 0 radical (unpaired) electrons. The molecule has 0 aliphatic heterocycles. The average molecular weight is 207 g/mol. The lowest BCUT2D eigenvalue weighted by atomic mass is 10.2. The van der Waals surface area contributed by atoms with Crippen molar-refractivity contribution in [1.82, 2.24) is 0 Å². The van der Waals surface area contributed by atoms with Crippen molar-refractivity contribution in [2.75, 3.05) is 11.9 Å². The van der Waals surface area contributed by atoms with E-state index < -0.39 is 6.09 Å². The second-order valence-electron chi connectivity index (χ2n) is 2.84. The Hall–Kier alpha value is -2.04. The molecule has 0 saturated heterocycles. The van der Waals surface area contributed by atoms with E-state index in [1.54, 1.807) is 31.2 Å². The van der Waals surface area contributed by atoms with E-state index in [0.717, 1.165) is 0 Å². The van der Waals surface area contributed by atoms with Crippen LogP contribution in [0.4, 0.5) is 10.5 Å². The molecule has 0 saturated carbocycles. The Labute approximate surface area is 87.7 Å². The fourth-order valence-corrected chi connectivity index (χ4v) is 1.05. The lowest BCUT2D eigenvalue weighted by Gasteiger charge is -2.06. The van der Waals surface area contributed by atoms with E-state index in [1.807, 2.05) is 0 Å². The summed E-state index contributed by atoms with van der Waals surface area (Å²) in [6.07, 6.45) is -0.516. The number of ether oxygens (including phenoxy) is 1. The van der Waals surface area contributed by atoms with Gasteiger partial charge in [0.1, 0.15) is 5.84 Å². The second kappa shape index (κ2) is 4.99. The molecule has 0 aliphatic carbocycles. The SMILES string of the molecule is CCOC(=O)Nc1cccc(C(=N)N)c1. The average Bonchev–Trinajstić information content (AvgIpc) is 2.18. The molecule has 15 heavy (non-hydrogen) atoms. The summed E-state index contributed by atoms with van der Waals surface area (Å²) in [5, 5.41) is 9.75. The molecule has 80 valence electrons. The van der Waals surface area contributed by atoms with Crippen LogP contribution in [0, 0.1) is 5.41 Å². The number of benzene rings is 1. The lowest BCUT2D eigenvalue weighted by Crippen LogP contribution is -2.15. The number of amidine groups is 1. The maximum atomic E-state index is 11.1. The fraction of sp³-hybridized carbons (Fsp3) is 0.200. The van der Waals surface area contributed by atoms with Crippen molar-refractivity contribution in [3.8, 4) is 0 Å². The van der Waals surface area contributed by atoms with Gasteiger partial charge in [0.2, 0.25) is 0 Å². The zero-order chi connectivity index (χ0) is 11.3. The summed E-state index contributed by atoms with van der Waals surface area (Å²) in [7, 11) is 0. The number of carbonyl (C=O) groups excluding carboxylic acids is 1. The molecular formula is C10H13N3O2. The highest BCUT2D eigenvalue weighted by Crippen LogP contribution is 2.10. The molecule has 0 fully saturated rings. The maximum absolute atomic E-state index is 11.1. The molecule has 1 amide bonds. The summed E-state index contributed by atoms with van der Waals surface area (Å²) in [6, 6.07) is 6.71. The summed E-state index contributed by atoms with van der Waals surface area (Å²) in [6.45, 7) is 2.05. The predicted octanol–water partition coefficient (Wildman–Crippen LogP) is 1.54. The van der Waals surface area contributed by atoms with Gasteiger partial charge in [-0.25, -0.2) is 4.79 Å². The van der Waals surface area contributed by atoms with Crippen LogP contribution in [0.3, 0.4) is 0 Å². The van der Waals surface area contributed by atoms with Crippen molar-refractivity contribution in [1.29, 1.82) is 5.41 Å². The summed E-state index contributed by atoms with van der Waals surface area (Å²) < 4.78 is 4.71. The van der Waals surface area contributed by atoms with Gasteiger partial charge < -0.3 is 10.5 Å². The smallest absolute Gasteiger partial charge is 0.411 e. The first-order chi connectivity index (χ1) is 7.13. The van der Waals surface area contributed by atoms with Crippen molar-refractivity contribution < 1.29 is 9.53 Å². The van der Waals surface area contributed by atoms with Crippen molar-refractivity contribution in [2.45, 2.75) is 6.92 Å². The molecule has 0 bridgehead atoms. The van der Waals surface area contributed by atoms with E-state index in [4.69, 9.17) is 15.9 Å². The van der Waals surface area contributed by atoms with Crippen LogP contribution in [0.15, 0.2) is 24.3 Å². The number of hydrogen-bond acceptors (Lipinski definition) is 3. The minimum absolute atomic E-state index is 0.0393. The third-order valence-electron chi connectivity index (χ3n) is 1.70. The van der Waals surface area contributed by atoms with E-state index in [2.05, 4.69) is 5.32 Å². The number of nitrogen functional groups attached to an aromatic ring is 1. The largest absolute Gasteiger partial charge is 0.450 e. The standard InChI is InChI=1S/C10H13N3O2/c1-2-15-10(14)13-8-5-3-4-7(6-8)9(11)12/h3-6H,2H2,1H3,(H3,11,12)(H,13,14). The zero-order valence-corrected chi connectivity index (χ0v) is 8.41. The molecule has 5 nitrogen and oxygen atoms in total.